The molecule has 7 rings (SSSR count). The van der Waals surface area contributed by atoms with Crippen molar-refractivity contribution in [3.63, 3.8) is 0 Å². The minimum Gasteiger partial charge on any atom is -0.497 e. The predicted molar refractivity (Wildman–Crippen MR) is 171 cm³/mol. The van der Waals surface area contributed by atoms with E-state index in [-0.39, 0.29) is 0 Å². The molecule has 3 aliphatic carbocycles. The largest absolute Gasteiger partial charge is 0.497 e. The van der Waals surface area contributed by atoms with E-state index in [1.807, 2.05) is 0 Å². The number of ether oxygens (including phenoxy) is 2. The number of rotatable bonds is 6. The molecule has 2 nitrogen and oxygen atoms in total. The third-order valence-electron chi connectivity index (χ3n) is 9.11. The molecule has 0 N–H and O–H groups in total. The molecule has 2 unspecified atom stereocenters. The summed E-state index contributed by atoms with van der Waals surface area (Å²) in [5, 5.41) is 0. The van der Waals surface area contributed by atoms with Gasteiger partial charge in [0, 0.05) is 5.92 Å². The van der Waals surface area contributed by atoms with Crippen LogP contribution in [0.1, 0.15) is 53.1 Å². The molecule has 2 atom stereocenters. The Labute approximate surface area is 249 Å². The van der Waals surface area contributed by atoms with Crippen molar-refractivity contribution in [3.05, 3.63) is 178 Å². The Hall–Kier alpha value is -4.56. The van der Waals surface area contributed by atoms with E-state index in [4.69, 9.17) is 9.47 Å². The van der Waals surface area contributed by atoms with Crippen LogP contribution in [0.15, 0.2) is 145 Å². The van der Waals surface area contributed by atoms with E-state index in [0.717, 1.165) is 36.5 Å². The van der Waals surface area contributed by atoms with Gasteiger partial charge in [0.2, 0.25) is 0 Å². The molecule has 0 saturated heterocycles. The highest BCUT2D eigenvalue weighted by Gasteiger charge is 2.43. The van der Waals surface area contributed by atoms with Crippen molar-refractivity contribution < 1.29 is 9.47 Å². The van der Waals surface area contributed by atoms with Gasteiger partial charge in [-0.2, -0.15) is 0 Å². The van der Waals surface area contributed by atoms with Crippen LogP contribution >= 0.6 is 0 Å². The molecule has 0 amide bonds. The molecule has 208 valence electrons. The van der Waals surface area contributed by atoms with Crippen molar-refractivity contribution in [1.29, 1.82) is 0 Å². The highest BCUT2D eigenvalue weighted by molar-refractivity contribution is 5.67. The Balaban J connectivity index is 1.24. The second kappa shape index (κ2) is 11.0. The van der Waals surface area contributed by atoms with Gasteiger partial charge in [-0.15, -0.1) is 0 Å². The molecule has 4 aromatic rings. The van der Waals surface area contributed by atoms with Gasteiger partial charge in [0.25, 0.3) is 0 Å². The van der Waals surface area contributed by atoms with Crippen LogP contribution in [0.5, 0.6) is 11.5 Å². The van der Waals surface area contributed by atoms with Crippen molar-refractivity contribution in [2.75, 3.05) is 7.11 Å². The Morgan fingerprint density at radius 1 is 0.643 bits per heavy atom. The average Bonchev–Trinajstić information content (AvgIpc) is 3.05. The summed E-state index contributed by atoms with van der Waals surface area (Å²) < 4.78 is 11.9. The zero-order valence-electron chi connectivity index (χ0n) is 24.3. The van der Waals surface area contributed by atoms with Crippen LogP contribution in [0, 0.1) is 11.8 Å². The lowest BCUT2D eigenvalue weighted by atomic mass is 9.60. The topological polar surface area (TPSA) is 18.5 Å². The fraction of sp³-hybridized carbons (Fsp3) is 0.200. The average molecular weight is 549 g/mol. The Bertz CT molecular complexity index is 1670. The SMILES string of the molecule is COc1ccc(C2(c3ccc(OC4=CCC(C5=CCC(C)C=C5)C=C4)cc3)c3ccccc3Cc3ccccc32)cc1. The zero-order valence-corrected chi connectivity index (χ0v) is 24.3. The van der Waals surface area contributed by atoms with Crippen molar-refractivity contribution in [3.8, 4) is 11.5 Å². The highest BCUT2D eigenvalue weighted by Crippen LogP contribution is 2.51. The van der Waals surface area contributed by atoms with Crippen molar-refractivity contribution in [2.45, 2.75) is 31.6 Å². The summed E-state index contributed by atoms with van der Waals surface area (Å²) in [5.74, 6) is 3.68. The molecule has 0 spiro atoms. The van der Waals surface area contributed by atoms with Gasteiger partial charge in [0.15, 0.2) is 0 Å². The normalized spacial score (nSPS) is 20.1. The Kier molecular flexibility index (Phi) is 6.91. The minimum atomic E-state index is -0.452. The molecule has 0 aliphatic heterocycles. The number of allylic oxidation sites excluding steroid dienone is 7. The van der Waals surface area contributed by atoms with Gasteiger partial charge in [0.05, 0.1) is 12.5 Å². The molecule has 0 saturated carbocycles. The van der Waals surface area contributed by atoms with E-state index in [1.54, 1.807) is 7.11 Å². The number of benzene rings is 4. The van der Waals surface area contributed by atoms with Gasteiger partial charge < -0.3 is 9.47 Å². The molecule has 3 aliphatic rings. The maximum atomic E-state index is 6.38. The summed E-state index contributed by atoms with van der Waals surface area (Å²) in [5.41, 5.74) is 8.78. The van der Waals surface area contributed by atoms with Crippen molar-refractivity contribution in [2.24, 2.45) is 11.8 Å². The maximum Gasteiger partial charge on any atom is 0.127 e. The fourth-order valence-electron chi connectivity index (χ4n) is 6.91. The van der Waals surface area contributed by atoms with Crippen LogP contribution in [-0.2, 0) is 11.8 Å². The van der Waals surface area contributed by atoms with E-state index in [0.29, 0.717) is 11.8 Å². The number of hydrogen-bond donors (Lipinski definition) is 0. The smallest absolute Gasteiger partial charge is 0.127 e. The quantitative estimate of drug-likeness (QED) is 0.210. The van der Waals surface area contributed by atoms with Gasteiger partial charge in [-0.05, 0) is 101 Å². The number of methoxy groups -OCH3 is 1. The maximum absolute atomic E-state index is 6.38. The van der Waals surface area contributed by atoms with Crippen LogP contribution in [0.4, 0.5) is 0 Å². The van der Waals surface area contributed by atoms with E-state index in [9.17, 15) is 0 Å². The summed E-state index contributed by atoms with van der Waals surface area (Å²) in [4.78, 5) is 0. The number of hydrogen-bond acceptors (Lipinski definition) is 2. The molecular formula is C40H36O2. The molecule has 0 radical (unpaired) electrons. The van der Waals surface area contributed by atoms with Crippen LogP contribution in [-0.4, -0.2) is 7.11 Å². The van der Waals surface area contributed by atoms with Crippen LogP contribution in [0.25, 0.3) is 0 Å². The first-order valence-electron chi connectivity index (χ1n) is 15.0. The second-order valence-electron chi connectivity index (χ2n) is 11.7. The van der Waals surface area contributed by atoms with Gasteiger partial charge in [-0.1, -0.05) is 104 Å². The lowest BCUT2D eigenvalue weighted by Crippen LogP contribution is -2.36. The monoisotopic (exact) mass is 548 g/mol. The van der Waals surface area contributed by atoms with Gasteiger partial charge >= 0.3 is 0 Å². The van der Waals surface area contributed by atoms with Gasteiger partial charge in [-0.3, -0.25) is 0 Å². The van der Waals surface area contributed by atoms with Crippen molar-refractivity contribution >= 4 is 0 Å². The molecule has 4 aromatic carbocycles. The number of fused-ring (bicyclic) bond motifs is 2. The first-order chi connectivity index (χ1) is 20.6. The highest BCUT2D eigenvalue weighted by atomic mass is 16.5. The molecule has 0 bridgehead atoms. The Morgan fingerprint density at radius 3 is 1.81 bits per heavy atom. The first-order valence-corrected chi connectivity index (χ1v) is 15.0. The van der Waals surface area contributed by atoms with E-state index in [2.05, 4.69) is 140 Å². The third kappa shape index (κ3) is 4.61. The fourth-order valence-corrected chi connectivity index (χ4v) is 6.91. The van der Waals surface area contributed by atoms with Crippen LogP contribution in [0.2, 0.25) is 0 Å². The molecule has 42 heavy (non-hydrogen) atoms. The standard InChI is InChI=1S/C40H36O2/c1-28-11-13-29(14-12-28)30-15-21-36(22-16-30)42-37-25-19-34(20-26-37)40(33-17-23-35(41-2)24-18-33)38-9-5-3-7-31(38)27-32-8-4-6-10-39(32)40/h3-11,13-15,17-26,28,30H,12,16,27H2,1-2H3. The summed E-state index contributed by atoms with van der Waals surface area (Å²) >= 11 is 0. The van der Waals surface area contributed by atoms with Gasteiger partial charge in [0.1, 0.15) is 17.3 Å². The zero-order chi connectivity index (χ0) is 28.5. The molecule has 0 heterocycles. The van der Waals surface area contributed by atoms with E-state index >= 15 is 0 Å². The van der Waals surface area contributed by atoms with Gasteiger partial charge in [-0.25, -0.2) is 0 Å². The van der Waals surface area contributed by atoms with Crippen LogP contribution < -0.4 is 9.47 Å². The molecular weight excluding hydrogens is 512 g/mol. The summed E-state index contributed by atoms with van der Waals surface area (Å²) in [6.07, 6.45) is 16.6. The minimum absolute atomic E-state index is 0.430. The molecule has 2 heteroatoms. The lowest BCUT2D eigenvalue weighted by molar-refractivity contribution is 0.414. The molecule has 0 aromatic heterocycles. The third-order valence-corrected chi connectivity index (χ3v) is 9.11. The van der Waals surface area contributed by atoms with E-state index < -0.39 is 5.41 Å². The summed E-state index contributed by atoms with van der Waals surface area (Å²) in [6, 6.07) is 35.1. The molecule has 0 fully saturated rings. The summed E-state index contributed by atoms with van der Waals surface area (Å²) in [7, 11) is 1.72. The van der Waals surface area contributed by atoms with E-state index in [1.165, 1.54) is 39.0 Å². The first kappa shape index (κ1) is 26.3. The summed E-state index contributed by atoms with van der Waals surface area (Å²) in [6.45, 7) is 2.27. The Morgan fingerprint density at radius 2 is 1.26 bits per heavy atom. The van der Waals surface area contributed by atoms with Crippen LogP contribution in [0.3, 0.4) is 0 Å². The second-order valence-corrected chi connectivity index (χ2v) is 11.7. The predicted octanol–water partition coefficient (Wildman–Crippen LogP) is 9.34. The van der Waals surface area contributed by atoms with Crippen molar-refractivity contribution in [1.82, 2.24) is 0 Å². The lowest BCUT2D eigenvalue weighted by Gasteiger charge is -2.42.